The van der Waals surface area contributed by atoms with E-state index in [0.717, 1.165) is 40.5 Å². The van der Waals surface area contributed by atoms with Gasteiger partial charge in [0.2, 0.25) is 0 Å². The van der Waals surface area contributed by atoms with Gasteiger partial charge in [-0.2, -0.15) is 0 Å². The lowest BCUT2D eigenvalue weighted by molar-refractivity contribution is 0.355. The quantitative estimate of drug-likeness (QED) is 0.775. The molecule has 2 rings (SSSR count). The van der Waals surface area contributed by atoms with Crippen molar-refractivity contribution in [1.29, 1.82) is 0 Å². The summed E-state index contributed by atoms with van der Waals surface area (Å²) in [6, 6.07) is 11.7. The predicted octanol–water partition coefficient (Wildman–Crippen LogP) is 3.98. The van der Waals surface area contributed by atoms with Gasteiger partial charge >= 0.3 is 0 Å². The van der Waals surface area contributed by atoms with Gasteiger partial charge in [-0.3, -0.25) is 0 Å². The summed E-state index contributed by atoms with van der Waals surface area (Å²) < 4.78 is 21.1. The molecular weight excluding hydrogens is 292 g/mol. The maximum atomic E-state index is 5.31. The number of methoxy groups -OCH3 is 4. The van der Waals surface area contributed by atoms with E-state index in [9.17, 15) is 0 Å². The highest BCUT2D eigenvalue weighted by Gasteiger charge is 2.03. The molecule has 0 aliphatic heterocycles. The Morgan fingerprint density at radius 1 is 0.739 bits per heavy atom. The minimum atomic E-state index is 0.720. The summed E-state index contributed by atoms with van der Waals surface area (Å²) in [4.78, 5) is 0. The zero-order chi connectivity index (χ0) is 16.7. The molecule has 0 saturated heterocycles. The van der Waals surface area contributed by atoms with Crippen LogP contribution in [-0.4, -0.2) is 28.4 Å². The summed E-state index contributed by atoms with van der Waals surface area (Å²) in [6.45, 7) is 0. The average Bonchev–Trinajstić information content (AvgIpc) is 2.61. The molecule has 0 saturated carbocycles. The van der Waals surface area contributed by atoms with Crippen LogP contribution in [0.4, 0.5) is 0 Å². The van der Waals surface area contributed by atoms with E-state index in [0.29, 0.717) is 0 Å². The van der Waals surface area contributed by atoms with E-state index in [1.807, 2.05) is 42.5 Å². The lowest BCUT2D eigenvalue weighted by atomic mass is 10.1. The van der Waals surface area contributed by atoms with Gasteiger partial charge in [-0.1, -0.05) is 18.2 Å². The van der Waals surface area contributed by atoms with E-state index in [4.69, 9.17) is 18.9 Å². The molecular formula is C19H22O4. The van der Waals surface area contributed by atoms with Crippen LogP contribution in [0.25, 0.3) is 6.08 Å². The Kier molecular flexibility index (Phi) is 5.92. The van der Waals surface area contributed by atoms with Crippen LogP contribution >= 0.6 is 0 Å². The van der Waals surface area contributed by atoms with E-state index in [-0.39, 0.29) is 0 Å². The lowest BCUT2D eigenvalue weighted by Crippen LogP contribution is -1.91. The van der Waals surface area contributed by atoms with Crippen LogP contribution in [0.2, 0.25) is 0 Å². The number of hydrogen-bond donors (Lipinski definition) is 0. The Morgan fingerprint density at radius 3 is 1.96 bits per heavy atom. The van der Waals surface area contributed by atoms with Gasteiger partial charge < -0.3 is 18.9 Å². The van der Waals surface area contributed by atoms with Crippen molar-refractivity contribution in [1.82, 2.24) is 0 Å². The monoisotopic (exact) mass is 314 g/mol. The van der Waals surface area contributed by atoms with Gasteiger partial charge in [0.05, 0.1) is 28.4 Å². The van der Waals surface area contributed by atoms with Crippen LogP contribution < -0.4 is 18.9 Å². The molecule has 122 valence electrons. The molecule has 2 aromatic carbocycles. The molecule has 0 aromatic heterocycles. The average molecular weight is 314 g/mol. The fourth-order valence-corrected chi connectivity index (χ4v) is 2.27. The Bertz CT molecular complexity index is 655. The SMILES string of the molecule is COc1cc(C/C=C/c2ccc(OC)c(OC)c2)cc(OC)c1. The Balaban J connectivity index is 2.12. The first-order chi connectivity index (χ1) is 11.2. The molecule has 0 spiro atoms. The van der Waals surface area contributed by atoms with E-state index < -0.39 is 0 Å². The highest BCUT2D eigenvalue weighted by Crippen LogP contribution is 2.28. The van der Waals surface area contributed by atoms with Gasteiger partial charge in [0.1, 0.15) is 11.5 Å². The summed E-state index contributed by atoms with van der Waals surface area (Å²) in [5.41, 5.74) is 2.18. The topological polar surface area (TPSA) is 36.9 Å². The highest BCUT2D eigenvalue weighted by molar-refractivity contribution is 5.56. The second-order valence-electron chi connectivity index (χ2n) is 4.94. The number of hydrogen-bond acceptors (Lipinski definition) is 4. The van der Waals surface area contributed by atoms with Gasteiger partial charge in [-0.25, -0.2) is 0 Å². The van der Waals surface area contributed by atoms with Gasteiger partial charge in [0.25, 0.3) is 0 Å². The Labute approximate surface area is 137 Å². The first-order valence-electron chi connectivity index (χ1n) is 7.30. The summed E-state index contributed by atoms with van der Waals surface area (Å²) >= 11 is 0. The van der Waals surface area contributed by atoms with E-state index in [1.165, 1.54) is 0 Å². The summed E-state index contributed by atoms with van der Waals surface area (Å²) in [5, 5.41) is 0. The molecule has 4 nitrogen and oxygen atoms in total. The molecule has 0 N–H and O–H groups in total. The second kappa shape index (κ2) is 8.13. The molecule has 23 heavy (non-hydrogen) atoms. The molecule has 0 aliphatic carbocycles. The molecule has 2 aromatic rings. The van der Waals surface area contributed by atoms with Gasteiger partial charge in [0, 0.05) is 6.07 Å². The maximum absolute atomic E-state index is 5.31. The minimum Gasteiger partial charge on any atom is -0.497 e. The highest BCUT2D eigenvalue weighted by atomic mass is 16.5. The van der Waals surface area contributed by atoms with Crippen molar-refractivity contribution in [2.24, 2.45) is 0 Å². The zero-order valence-electron chi connectivity index (χ0n) is 14.0. The molecule has 0 bridgehead atoms. The predicted molar refractivity (Wildman–Crippen MR) is 91.8 cm³/mol. The maximum Gasteiger partial charge on any atom is 0.161 e. The van der Waals surface area contributed by atoms with Crippen LogP contribution in [0.15, 0.2) is 42.5 Å². The molecule has 0 amide bonds. The number of allylic oxidation sites excluding steroid dienone is 1. The third-order valence-electron chi connectivity index (χ3n) is 3.48. The summed E-state index contributed by atoms with van der Waals surface area (Å²) in [5.74, 6) is 3.03. The first kappa shape index (κ1) is 16.7. The normalized spacial score (nSPS) is 10.6. The van der Waals surface area contributed by atoms with Crippen molar-refractivity contribution in [2.45, 2.75) is 6.42 Å². The van der Waals surface area contributed by atoms with Crippen LogP contribution in [0.5, 0.6) is 23.0 Å². The third kappa shape index (κ3) is 4.42. The van der Waals surface area contributed by atoms with Crippen molar-refractivity contribution in [2.75, 3.05) is 28.4 Å². The van der Waals surface area contributed by atoms with Gasteiger partial charge in [-0.15, -0.1) is 0 Å². The van der Waals surface area contributed by atoms with Crippen molar-refractivity contribution >= 4 is 6.08 Å². The molecule has 0 fully saturated rings. The molecule has 0 radical (unpaired) electrons. The fourth-order valence-electron chi connectivity index (χ4n) is 2.27. The van der Waals surface area contributed by atoms with Crippen LogP contribution in [0, 0.1) is 0 Å². The number of benzene rings is 2. The molecule has 0 aliphatic rings. The Morgan fingerprint density at radius 2 is 1.39 bits per heavy atom. The molecule has 0 unspecified atom stereocenters. The minimum absolute atomic E-state index is 0.720. The second-order valence-corrected chi connectivity index (χ2v) is 4.94. The Hall–Kier alpha value is -2.62. The number of rotatable bonds is 7. The van der Waals surface area contributed by atoms with Crippen LogP contribution in [-0.2, 0) is 6.42 Å². The van der Waals surface area contributed by atoms with E-state index in [1.54, 1.807) is 28.4 Å². The largest absolute Gasteiger partial charge is 0.497 e. The fraction of sp³-hybridized carbons (Fsp3) is 0.263. The number of ether oxygens (including phenoxy) is 4. The van der Waals surface area contributed by atoms with E-state index in [2.05, 4.69) is 6.08 Å². The van der Waals surface area contributed by atoms with Crippen molar-refractivity contribution < 1.29 is 18.9 Å². The van der Waals surface area contributed by atoms with E-state index >= 15 is 0 Å². The van der Waals surface area contributed by atoms with Gasteiger partial charge in [0.15, 0.2) is 11.5 Å². The first-order valence-corrected chi connectivity index (χ1v) is 7.30. The van der Waals surface area contributed by atoms with Crippen molar-refractivity contribution in [3.8, 4) is 23.0 Å². The standard InChI is InChI=1S/C19H22O4/c1-20-16-10-15(11-17(13-16)21-2)7-5-6-14-8-9-18(22-3)19(12-14)23-4/h5-6,8-13H,7H2,1-4H3/b6-5+. The smallest absolute Gasteiger partial charge is 0.161 e. The molecule has 4 heteroatoms. The summed E-state index contributed by atoms with van der Waals surface area (Å²) in [7, 11) is 6.56. The van der Waals surface area contributed by atoms with Gasteiger partial charge in [-0.05, 0) is 41.8 Å². The van der Waals surface area contributed by atoms with Crippen molar-refractivity contribution in [3.63, 3.8) is 0 Å². The molecule has 0 heterocycles. The lowest BCUT2D eigenvalue weighted by Gasteiger charge is -2.08. The summed E-state index contributed by atoms with van der Waals surface area (Å²) in [6.07, 6.45) is 4.92. The molecule has 0 atom stereocenters. The zero-order valence-corrected chi connectivity index (χ0v) is 14.0. The third-order valence-corrected chi connectivity index (χ3v) is 3.48. The van der Waals surface area contributed by atoms with Crippen LogP contribution in [0.1, 0.15) is 11.1 Å². The van der Waals surface area contributed by atoms with Crippen molar-refractivity contribution in [3.05, 3.63) is 53.6 Å². The van der Waals surface area contributed by atoms with Crippen LogP contribution in [0.3, 0.4) is 0 Å².